The second-order valence-electron chi connectivity index (χ2n) is 6.65. The van der Waals surface area contributed by atoms with Crippen LogP contribution >= 0.6 is 0 Å². The van der Waals surface area contributed by atoms with Crippen molar-refractivity contribution in [2.45, 2.75) is 32.0 Å². The number of hydrogen-bond acceptors (Lipinski definition) is 3. The maximum absolute atomic E-state index is 13.1. The van der Waals surface area contributed by atoms with E-state index in [-0.39, 0.29) is 11.3 Å². The van der Waals surface area contributed by atoms with E-state index in [9.17, 15) is 18.0 Å². The molecule has 1 aliphatic rings. The molecule has 27 heavy (non-hydrogen) atoms. The van der Waals surface area contributed by atoms with E-state index in [4.69, 9.17) is 0 Å². The molecule has 0 spiro atoms. The number of halogens is 3. The second kappa shape index (κ2) is 6.68. The first-order chi connectivity index (χ1) is 12.9. The number of alkyl halides is 3. The van der Waals surface area contributed by atoms with Gasteiger partial charge >= 0.3 is 6.18 Å². The molecule has 0 unspecified atom stereocenters. The molecule has 1 aromatic heterocycles. The normalized spacial score (nSPS) is 14.3. The summed E-state index contributed by atoms with van der Waals surface area (Å²) in [5, 5.41) is 3.81. The number of hydrogen-bond donors (Lipinski definition) is 1. The van der Waals surface area contributed by atoms with Gasteiger partial charge in [-0.3, -0.25) is 9.78 Å². The van der Waals surface area contributed by atoms with Crippen molar-refractivity contribution < 1.29 is 18.0 Å². The number of nitrogens with one attached hydrogen (secondary N) is 1. The number of aromatic nitrogens is 1. The first-order valence-corrected chi connectivity index (χ1v) is 8.78. The van der Waals surface area contributed by atoms with Crippen molar-refractivity contribution in [2.24, 2.45) is 0 Å². The van der Waals surface area contributed by atoms with Crippen LogP contribution in [0.15, 0.2) is 48.5 Å². The zero-order chi connectivity index (χ0) is 19.0. The molecule has 0 bridgehead atoms. The molecule has 0 amide bonds. The van der Waals surface area contributed by atoms with Crippen LogP contribution in [0.2, 0.25) is 0 Å². The van der Waals surface area contributed by atoms with Gasteiger partial charge in [0, 0.05) is 18.4 Å². The highest BCUT2D eigenvalue weighted by Crippen LogP contribution is 2.37. The number of fused-ring (bicyclic) bond motifs is 2. The number of ketones is 1. The van der Waals surface area contributed by atoms with Crippen LogP contribution in [0.5, 0.6) is 0 Å². The fourth-order valence-corrected chi connectivity index (χ4v) is 3.48. The third-order valence-corrected chi connectivity index (χ3v) is 4.80. The van der Waals surface area contributed by atoms with Crippen LogP contribution in [-0.2, 0) is 19.1 Å². The van der Waals surface area contributed by atoms with E-state index < -0.39 is 11.7 Å². The van der Waals surface area contributed by atoms with Gasteiger partial charge < -0.3 is 5.32 Å². The van der Waals surface area contributed by atoms with Crippen molar-refractivity contribution in [3.63, 3.8) is 0 Å². The molecule has 4 rings (SSSR count). The topological polar surface area (TPSA) is 42.0 Å². The molecule has 138 valence electrons. The van der Waals surface area contributed by atoms with E-state index in [1.54, 1.807) is 0 Å². The minimum Gasteiger partial charge on any atom is -0.380 e. The number of pyridine rings is 1. The first-order valence-electron chi connectivity index (χ1n) is 8.78. The van der Waals surface area contributed by atoms with E-state index in [1.807, 2.05) is 30.3 Å². The number of carbonyl (C=O) groups is 1. The van der Waals surface area contributed by atoms with Crippen LogP contribution in [0.4, 0.5) is 18.9 Å². The third kappa shape index (κ3) is 3.39. The summed E-state index contributed by atoms with van der Waals surface area (Å²) >= 11 is 0. The van der Waals surface area contributed by atoms with Crippen molar-refractivity contribution in [3.8, 4) is 0 Å². The summed E-state index contributed by atoms with van der Waals surface area (Å²) in [6, 6.07) is 13.1. The SMILES string of the molecule is O=C1CCCc2nc3cc(C(F)(F)F)ccc3c(NCc3ccccc3)c21. The Kier molecular flexibility index (Phi) is 4.34. The summed E-state index contributed by atoms with van der Waals surface area (Å²) in [6.45, 7) is 0.473. The van der Waals surface area contributed by atoms with Crippen LogP contribution in [0.3, 0.4) is 0 Å². The van der Waals surface area contributed by atoms with Gasteiger partial charge in [-0.05, 0) is 30.5 Å². The van der Waals surface area contributed by atoms with Gasteiger partial charge in [0.1, 0.15) is 0 Å². The molecule has 1 N–H and O–H groups in total. The van der Waals surface area contributed by atoms with E-state index in [0.717, 1.165) is 17.7 Å². The molecule has 2 aromatic carbocycles. The number of Topliss-reactive ketones (excluding diaryl/α,β-unsaturated/α-hetero) is 1. The van der Waals surface area contributed by atoms with Crippen molar-refractivity contribution in [1.82, 2.24) is 4.98 Å². The molecule has 0 aliphatic heterocycles. The summed E-state index contributed by atoms with van der Waals surface area (Å²) in [5.74, 6) is -0.0129. The first kappa shape index (κ1) is 17.5. The average molecular weight is 370 g/mol. The van der Waals surface area contributed by atoms with E-state index >= 15 is 0 Å². The monoisotopic (exact) mass is 370 g/mol. The fraction of sp³-hybridized carbons (Fsp3) is 0.238. The molecule has 3 aromatic rings. The summed E-state index contributed by atoms with van der Waals surface area (Å²) in [7, 11) is 0. The summed E-state index contributed by atoms with van der Waals surface area (Å²) in [4.78, 5) is 16.9. The third-order valence-electron chi connectivity index (χ3n) is 4.80. The van der Waals surface area contributed by atoms with Crippen molar-refractivity contribution in [3.05, 3.63) is 70.9 Å². The van der Waals surface area contributed by atoms with Gasteiger partial charge in [-0.2, -0.15) is 13.2 Å². The van der Waals surface area contributed by atoms with Crippen LogP contribution in [0.25, 0.3) is 10.9 Å². The number of rotatable bonds is 3. The molecular weight excluding hydrogens is 353 g/mol. The highest BCUT2D eigenvalue weighted by atomic mass is 19.4. The molecule has 0 saturated carbocycles. The molecule has 1 aliphatic carbocycles. The quantitative estimate of drug-likeness (QED) is 0.673. The minimum absolute atomic E-state index is 0.0129. The highest BCUT2D eigenvalue weighted by molar-refractivity contribution is 6.09. The Morgan fingerprint density at radius 3 is 2.56 bits per heavy atom. The molecule has 1 heterocycles. The van der Waals surface area contributed by atoms with Gasteiger partial charge in [-0.25, -0.2) is 0 Å². The van der Waals surface area contributed by atoms with Crippen molar-refractivity contribution in [1.29, 1.82) is 0 Å². The largest absolute Gasteiger partial charge is 0.416 e. The zero-order valence-electron chi connectivity index (χ0n) is 14.4. The van der Waals surface area contributed by atoms with Gasteiger partial charge in [0.25, 0.3) is 0 Å². The van der Waals surface area contributed by atoms with Gasteiger partial charge in [0.2, 0.25) is 0 Å². The van der Waals surface area contributed by atoms with E-state index in [0.29, 0.717) is 48.1 Å². The molecule has 0 atom stereocenters. The van der Waals surface area contributed by atoms with Crippen molar-refractivity contribution >= 4 is 22.4 Å². The average Bonchev–Trinajstić information content (AvgIpc) is 2.65. The lowest BCUT2D eigenvalue weighted by Gasteiger charge is -2.21. The summed E-state index contributed by atoms with van der Waals surface area (Å²) in [6.07, 6.45) is -2.74. The Balaban J connectivity index is 1.85. The minimum atomic E-state index is -4.43. The lowest BCUT2D eigenvalue weighted by Crippen LogP contribution is -2.17. The van der Waals surface area contributed by atoms with Crippen LogP contribution in [0, 0.1) is 0 Å². The number of benzene rings is 2. The zero-order valence-corrected chi connectivity index (χ0v) is 14.4. The summed E-state index contributed by atoms with van der Waals surface area (Å²) in [5.41, 5.74) is 2.22. The molecule has 6 heteroatoms. The summed E-state index contributed by atoms with van der Waals surface area (Å²) < 4.78 is 39.3. The highest BCUT2D eigenvalue weighted by Gasteiger charge is 2.32. The van der Waals surface area contributed by atoms with Crippen LogP contribution in [-0.4, -0.2) is 10.8 Å². The Labute approximate surface area is 154 Å². The lowest BCUT2D eigenvalue weighted by atomic mass is 9.91. The van der Waals surface area contributed by atoms with E-state index in [2.05, 4.69) is 10.3 Å². The van der Waals surface area contributed by atoms with Gasteiger partial charge in [0.15, 0.2) is 5.78 Å². The number of aryl methyl sites for hydroxylation is 1. The predicted molar refractivity (Wildman–Crippen MR) is 97.8 cm³/mol. The number of nitrogens with zero attached hydrogens (tertiary/aromatic N) is 1. The maximum atomic E-state index is 13.1. The van der Waals surface area contributed by atoms with Crippen molar-refractivity contribution in [2.75, 3.05) is 5.32 Å². The molecule has 0 fully saturated rings. The lowest BCUT2D eigenvalue weighted by molar-refractivity contribution is -0.137. The fourth-order valence-electron chi connectivity index (χ4n) is 3.48. The second-order valence-corrected chi connectivity index (χ2v) is 6.65. The molecule has 0 radical (unpaired) electrons. The smallest absolute Gasteiger partial charge is 0.380 e. The van der Waals surface area contributed by atoms with Gasteiger partial charge in [-0.1, -0.05) is 36.4 Å². The Morgan fingerprint density at radius 1 is 1.04 bits per heavy atom. The molecule has 3 nitrogen and oxygen atoms in total. The van der Waals surface area contributed by atoms with Crippen LogP contribution < -0.4 is 5.32 Å². The van der Waals surface area contributed by atoms with Crippen LogP contribution in [0.1, 0.15) is 40.0 Å². The Bertz CT molecular complexity index is 1010. The predicted octanol–water partition coefficient (Wildman–Crippen LogP) is 5.38. The standard InChI is InChI=1S/C21H17F3N2O/c22-21(23,24)14-9-10-15-17(11-14)26-16-7-4-8-18(27)19(16)20(15)25-12-13-5-2-1-3-6-13/h1-3,5-6,9-11H,4,7-8,12H2,(H,25,26). The number of carbonyl (C=O) groups excluding carboxylic acids is 1. The molecule has 0 saturated heterocycles. The van der Waals surface area contributed by atoms with E-state index in [1.165, 1.54) is 6.07 Å². The Morgan fingerprint density at radius 2 is 1.81 bits per heavy atom. The number of anilines is 1. The maximum Gasteiger partial charge on any atom is 0.416 e. The van der Waals surface area contributed by atoms with Gasteiger partial charge in [-0.15, -0.1) is 0 Å². The van der Waals surface area contributed by atoms with Gasteiger partial charge in [0.05, 0.1) is 28.0 Å². The Hall–Kier alpha value is -2.89. The molecular formula is C21H17F3N2O.